The van der Waals surface area contributed by atoms with Gasteiger partial charge >= 0.3 is 11.6 Å². The molecule has 34 heavy (non-hydrogen) atoms. The molecule has 9 nitrogen and oxygen atoms in total. The third kappa shape index (κ3) is 4.88. The zero-order chi connectivity index (χ0) is 24.1. The lowest BCUT2D eigenvalue weighted by Gasteiger charge is -2.13. The number of fused-ring (bicyclic) bond motifs is 2. The quantitative estimate of drug-likeness (QED) is 0.224. The molecular weight excluding hydrogens is 440 g/mol. The van der Waals surface area contributed by atoms with Gasteiger partial charge in [0.05, 0.1) is 17.7 Å². The minimum Gasteiger partial charge on any atom is -0.466 e. The van der Waals surface area contributed by atoms with Crippen molar-refractivity contribution in [1.82, 2.24) is 10.2 Å². The fraction of sp³-hybridized carbons (Fsp3) is 0.240. The van der Waals surface area contributed by atoms with Gasteiger partial charge in [0, 0.05) is 24.9 Å². The Morgan fingerprint density at radius 1 is 0.912 bits per heavy atom. The summed E-state index contributed by atoms with van der Waals surface area (Å²) in [5, 5.41) is 3.25. The van der Waals surface area contributed by atoms with Crippen LogP contribution in [0, 0.1) is 0 Å². The lowest BCUT2D eigenvalue weighted by atomic mass is 10.1. The van der Waals surface area contributed by atoms with Crippen LogP contribution in [0.1, 0.15) is 50.3 Å². The second kappa shape index (κ2) is 10.1. The molecule has 0 atom stereocenters. The average Bonchev–Trinajstić information content (AvgIpc) is 3.08. The Bertz CT molecular complexity index is 1290. The van der Waals surface area contributed by atoms with Crippen LogP contribution in [-0.2, 0) is 9.53 Å². The predicted octanol–water partition coefficient (Wildman–Crippen LogP) is 2.53. The maximum absolute atomic E-state index is 12.3. The van der Waals surface area contributed by atoms with E-state index in [9.17, 15) is 24.0 Å². The average molecular weight is 462 g/mol. The highest BCUT2D eigenvalue weighted by molar-refractivity contribution is 6.21. The molecular formula is C25H22N2O7. The van der Waals surface area contributed by atoms with Crippen LogP contribution < -0.4 is 10.9 Å². The maximum Gasteiger partial charge on any atom is 0.349 e. The van der Waals surface area contributed by atoms with Gasteiger partial charge in [-0.2, -0.15) is 0 Å². The molecule has 2 aromatic carbocycles. The molecule has 4 rings (SSSR count). The number of esters is 1. The van der Waals surface area contributed by atoms with Crippen LogP contribution in [0.3, 0.4) is 0 Å². The van der Waals surface area contributed by atoms with E-state index >= 15 is 0 Å². The van der Waals surface area contributed by atoms with Gasteiger partial charge in [-0.05, 0) is 37.1 Å². The smallest absolute Gasteiger partial charge is 0.349 e. The molecule has 3 aromatic rings. The Morgan fingerprint density at radius 3 is 2.32 bits per heavy atom. The number of nitrogens with one attached hydrogen (secondary N) is 1. The number of carbonyl (C=O) groups excluding carboxylic acids is 4. The van der Waals surface area contributed by atoms with E-state index in [1.165, 1.54) is 6.07 Å². The van der Waals surface area contributed by atoms with Crippen LogP contribution in [-0.4, -0.2) is 48.3 Å². The third-order valence-electron chi connectivity index (χ3n) is 5.40. The normalized spacial score (nSPS) is 12.6. The van der Waals surface area contributed by atoms with Crippen molar-refractivity contribution in [3.05, 3.63) is 81.7 Å². The Hall–Kier alpha value is -4.27. The molecule has 0 saturated heterocycles. The van der Waals surface area contributed by atoms with Gasteiger partial charge in [0.2, 0.25) is 0 Å². The highest BCUT2D eigenvalue weighted by atomic mass is 16.5. The van der Waals surface area contributed by atoms with Crippen molar-refractivity contribution in [2.75, 3.05) is 19.7 Å². The van der Waals surface area contributed by atoms with Gasteiger partial charge in [0.1, 0.15) is 11.1 Å². The van der Waals surface area contributed by atoms with Crippen LogP contribution in [0.2, 0.25) is 0 Å². The highest BCUT2D eigenvalue weighted by Crippen LogP contribution is 2.22. The van der Waals surface area contributed by atoms with Crippen LogP contribution in [0.4, 0.5) is 0 Å². The van der Waals surface area contributed by atoms with E-state index < -0.39 is 17.5 Å². The number of hydrogen-bond acceptors (Lipinski definition) is 7. The van der Waals surface area contributed by atoms with Crippen LogP contribution in [0.25, 0.3) is 11.0 Å². The van der Waals surface area contributed by atoms with E-state index in [1.54, 1.807) is 48.5 Å². The van der Waals surface area contributed by atoms with Crippen molar-refractivity contribution in [3.63, 3.8) is 0 Å². The van der Waals surface area contributed by atoms with E-state index in [2.05, 4.69) is 5.32 Å². The minimum atomic E-state index is -0.722. The van der Waals surface area contributed by atoms with E-state index in [4.69, 9.17) is 9.15 Å². The molecule has 1 aromatic heterocycles. The Kier molecular flexibility index (Phi) is 6.82. The zero-order valence-corrected chi connectivity index (χ0v) is 18.2. The zero-order valence-electron chi connectivity index (χ0n) is 18.2. The molecule has 0 spiro atoms. The summed E-state index contributed by atoms with van der Waals surface area (Å²) >= 11 is 0. The second-order valence-electron chi connectivity index (χ2n) is 7.73. The van der Waals surface area contributed by atoms with E-state index in [-0.39, 0.29) is 43.5 Å². The van der Waals surface area contributed by atoms with Crippen molar-refractivity contribution in [3.8, 4) is 0 Å². The van der Waals surface area contributed by atoms with Gasteiger partial charge in [0.25, 0.3) is 17.7 Å². The highest BCUT2D eigenvalue weighted by Gasteiger charge is 2.34. The Balaban J connectivity index is 1.15. The SMILES string of the molecule is O=C(CCCN1C(=O)c2ccccc2C1=O)OCCCNC(=O)c1cc2ccccc2oc1=O. The predicted molar refractivity (Wildman–Crippen MR) is 121 cm³/mol. The van der Waals surface area contributed by atoms with Crippen molar-refractivity contribution >= 4 is 34.7 Å². The van der Waals surface area contributed by atoms with Gasteiger partial charge < -0.3 is 14.5 Å². The number of carbonyl (C=O) groups is 4. The number of ether oxygens (including phenoxy) is 1. The standard InChI is InChI=1S/C25H22N2O7/c28-21(11-5-13-27-23(30)17-8-2-3-9-18(17)24(27)31)33-14-6-12-26-22(29)19-15-16-7-1-4-10-20(16)34-25(19)32/h1-4,7-10,15H,5-6,11-14H2,(H,26,29). The molecule has 174 valence electrons. The monoisotopic (exact) mass is 462 g/mol. The number of nitrogens with zero attached hydrogens (tertiary/aromatic N) is 1. The molecule has 0 saturated carbocycles. The van der Waals surface area contributed by atoms with Gasteiger partial charge in [-0.15, -0.1) is 0 Å². The Morgan fingerprint density at radius 2 is 1.59 bits per heavy atom. The van der Waals surface area contributed by atoms with Gasteiger partial charge in [-0.25, -0.2) is 4.79 Å². The van der Waals surface area contributed by atoms with E-state index in [0.717, 1.165) is 4.90 Å². The first kappa shape index (κ1) is 22.9. The lowest BCUT2D eigenvalue weighted by molar-refractivity contribution is -0.143. The topological polar surface area (TPSA) is 123 Å². The molecule has 0 aliphatic carbocycles. The molecule has 0 fully saturated rings. The summed E-state index contributed by atoms with van der Waals surface area (Å²) in [5.74, 6) is -1.74. The number of amides is 3. The molecule has 1 aliphatic rings. The molecule has 0 bridgehead atoms. The van der Waals surface area contributed by atoms with Crippen molar-refractivity contribution in [2.45, 2.75) is 19.3 Å². The van der Waals surface area contributed by atoms with Crippen LogP contribution >= 0.6 is 0 Å². The van der Waals surface area contributed by atoms with E-state index in [0.29, 0.717) is 34.9 Å². The van der Waals surface area contributed by atoms with Crippen molar-refractivity contribution in [1.29, 1.82) is 0 Å². The summed E-state index contributed by atoms with van der Waals surface area (Å²) in [6.45, 7) is 0.414. The summed E-state index contributed by atoms with van der Waals surface area (Å²) in [5.41, 5.74) is 0.334. The first-order valence-electron chi connectivity index (χ1n) is 10.9. The summed E-state index contributed by atoms with van der Waals surface area (Å²) < 4.78 is 10.3. The first-order chi connectivity index (χ1) is 16.5. The minimum absolute atomic E-state index is 0.0535. The molecule has 9 heteroatoms. The third-order valence-corrected chi connectivity index (χ3v) is 5.40. The molecule has 0 radical (unpaired) electrons. The van der Waals surface area contributed by atoms with Gasteiger partial charge in [0.15, 0.2) is 0 Å². The summed E-state index contributed by atoms with van der Waals surface area (Å²) in [4.78, 5) is 61.9. The Labute approximate surface area is 194 Å². The number of benzene rings is 2. The number of imide groups is 1. The largest absolute Gasteiger partial charge is 0.466 e. The van der Waals surface area contributed by atoms with Crippen LogP contribution in [0.5, 0.6) is 0 Å². The van der Waals surface area contributed by atoms with Crippen molar-refractivity contribution < 1.29 is 28.3 Å². The summed E-state index contributed by atoms with van der Waals surface area (Å²) in [7, 11) is 0. The summed E-state index contributed by atoms with van der Waals surface area (Å²) in [6, 6.07) is 15.0. The maximum atomic E-state index is 12.3. The first-order valence-corrected chi connectivity index (χ1v) is 10.9. The second-order valence-corrected chi connectivity index (χ2v) is 7.73. The van der Waals surface area contributed by atoms with Gasteiger partial charge in [-0.3, -0.25) is 24.1 Å². The van der Waals surface area contributed by atoms with E-state index in [1.807, 2.05) is 0 Å². The number of para-hydroxylation sites is 1. The fourth-order valence-corrected chi connectivity index (χ4v) is 3.67. The summed E-state index contributed by atoms with van der Waals surface area (Å²) in [6.07, 6.45) is 0.700. The molecule has 3 amide bonds. The van der Waals surface area contributed by atoms with Gasteiger partial charge in [-0.1, -0.05) is 30.3 Å². The molecule has 1 N–H and O–H groups in total. The van der Waals surface area contributed by atoms with Crippen LogP contribution in [0.15, 0.2) is 63.8 Å². The molecule has 1 aliphatic heterocycles. The number of hydrogen-bond donors (Lipinski definition) is 1. The van der Waals surface area contributed by atoms with Crippen molar-refractivity contribution in [2.24, 2.45) is 0 Å². The molecule has 0 unspecified atom stereocenters. The fourth-order valence-electron chi connectivity index (χ4n) is 3.67. The number of rotatable bonds is 9. The lowest BCUT2D eigenvalue weighted by Crippen LogP contribution is -2.31. The molecule has 2 heterocycles.